The molecule has 3 aromatic rings. The topological polar surface area (TPSA) is 69.0 Å². The minimum absolute atomic E-state index is 0.0765. The number of carbonyl (C=O) groups is 1. The number of aromatic nitrogens is 3. The van der Waals surface area contributed by atoms with Gasteiger partial charge in [0.1, 0.15) is 5.75 Å². The van der Waals surface area contributed by atoms with Gasteiger partial charge in [-0.1, -0.05) is 67.0 Å². The van der Waals surface area contributed by atoms with E-state index in [1.807, 2.05) is 36.7 Å². The van der Waals surface area contributed by atoms with E-state index in [9.17, 15) is 4.79 Å². The van der Waals surface area contributed by atoms with Crippen molar-refractivity contribution in [3.8, 4) is 5.75 Å². The third kappa shape index (κ3) is 5.77. The summed E-state index contributed by atoms with van der Waals surface area (Å²) < 4.78 is 7.76. The molecular weight excluding hydrogens is 467 g/mol. The molecule has 170 valence electrons. The summed E-state index contributed by atoms with van der Waals surface area (Å²) in [6, 6.07) is 11.2. The van der Waals surface area contributed by atoms with Crippen LogP contribution in [0.4, 0.5) is 5.69 Å². The SMILES string of the molecule is CCc1cccc(CC)c1NC(=O)CSc1nnc(C(C)Oc2ccc(Cl)cc2Cl)n1C. The molecule has 0 spiro atoms. The van der Waals surface area contributed by atoms with Gasteiger partial charge in [0.05, 0.1) is 10.8 Å². The first-order chi connectivity index (χ1) is 15.3. The number of ether oxygens (including phenoxy) is 1. The summed E-state index contributed by atoms with van der Waals surface area (Å²) in [5, 5.41) is 13.1. The Morgan fingerprint density at radius 2 is 1.84 bits per heavy atom. The zero-order valence-corrected chi connectivity index (χ0v) is 20.8. The lowest BCUT2D eigenvalue weighted by molar-refractivity contribution is -0.113. The van der Waals surface area contributed by atoms with Crippen molar-refractivity contribution in [2.45, 2.75) is 44.9 Å². The number of anilines is 1. The summed E-state index contributed by atoms with van der Waals surface area (Å²) in [6.07, 6.45) is 1.33. The van der Waals surface area contributed by atoms with Gasteiger partial charge in [0.2, 0.25) is 5.91 Å². The Bertz CT molecular complexity index is 1080. The Hall–Kier alpha value is -2.22. The highest BCUT2D eigenvalue weighted by Crippen LogP contribution is 2.31. The molecule has 0 radical (unpaired) electrons. The van der Waals surface area contributed by atoms with E-state index in [0.717, 1.165) is 29.7 Å². The molecule has 6 nitrogen and oxygen atoms in total. The first-order valence-corrected chi connectivity index (χ1v) is 12.1. The second kappa shape index (κ2) is 11.1. The smallest absolute Gasteiger partial charge is 0.234 e. The average Bonchev–Trinajstić information content (AvgIpc) is 3.14. The normalized spacial score (nSPS) is 11.9. The number of aryl methyl sites for hydroxylation is 2. The first-order valence-electron chi connectivity index (χ1n) is 10.4. The molecule has 9 heteroatoms. The first kappa shape index (κ1) is 24.4. The van der Waals surface area contributed by atoms with Crippen LogP contribution < -0.4 is 10.1 Å². The van der Waals surface area contributed by atoms with Gasteiger partial charge < -0.3 is 14.6 Å². The van der Waals surface area contributed by atoms with Crippen molar-refractivity contribution in [1.82, 2.24) is 14.8 Å². The van der Waals surface area contributed by atoms with Crippen molar-refractivity contribution < 1.29 is 9.53 Å². The summed E-state index contributed by atoms with van der Waals surface area (Å²) in [6.45, 7) is 6.03. The third-order valence-electron chi connectivity index (χ3n) is 5.03. The molecule has 32 heavy (non-hydrogen) atoms. The van der Waals surface area contributed by atoms with Gasteiger partial charge in [-0.05, 0) is 49.1 Å². The quantitative estimate of drug-likeness (QED) is 0.364. The van der Waals surface area contributed by atoms with Crippen LogP contribution in [0.15, 0.2) is 41.6 Å². The van der Waals surface area contributed by atoms with E-state index >= 15 is 0 Å². The number of nitrogens with one attached hydrogen (secondary N) is 1. The molecule has 1 unspecified atom stereocenters. The summed E-state index contributed by atoms with van der Waals surface area (Å²) >= 11 is 13.5. The molecule has 1 heterocycles. The van der Waals surface area contributed by atoms with Crippen LogP contribution >= 0.6 is 35.0 Å². The van der Waals surface area contributed by atoms with E-state index in [1.54, 1.807) is 18.2 Å². The Morgan fingerprint density at radius 3 is 2.47 bits per heavy atom. The highest BCUT2D eigenvalue weighted by Gasteiger charge is 2.19. The van der Waals surface area contributed by atoms with Crippen LogP contribution in [0, 0.1) is 0 Å². The van der Waals surface area contributed by atoms with Crippen molar-refractivity contribution in [2.24, 2.45) is 7.05 Å². The van der Waals surface area contributed by atoms with Crippen LogP contribution in [0.1, 0.15) is 43.8 Å². The Balaban J connectivity index is 1.64. The number of hydrogen-bond acceptors (Lipinski definition) is 5. The van der Waals surface area contributed by atoms with Gasteiger partial charge in [-0.25, -0.2) is 0 Å². The lowest BCUT2D eigenvalue weighted by Crippen LogP contribution is -2.17. The van der Waals surface area contributed by atoms with Gasteiger partial charge in [-0.15, -0.1) is 10.2 Å². The number of nitrogens with zero attached hydrogens (tertiary/aromatic N) is 3. The highest BCUT2D eigenvalue weighted by atomic mass is 35.5. The Kier molecular flexibility index (Phi) is 8.45. The monoisotopic (exact) mass is 492 g/mol. The summed E-state index contributed by atoms with van der Waals surface area (Å²) in [4.78, 5) is 12.6. The van der Waals surface area contributed by atoms with Gasteiger partial charge in [0.25, 0.3) is 0 Å². The molecule has 1 N–H and O–H groups in total. The van der Waals surface area contributed by atoms with Gasteiger partial charge in [-0.3, -0.25) is 4.79 Å². The van der Waals surface area contributed by atoms with Crippen LogP contribution in [0.25, 0.3) is 0 Å². The van der Waals surface area contributed by atoms with Gasteiger partial charge in [0, 0.05) is 17.8 Å². The molecule has 0 aliphatic carbocycles. The van der Waals surface area contributed by atoms with E-state index in [0.29, 0.717) is 26.8 Å². The molecule has 1 atom stereocenters. The number of benzene rings is 2. The van der Waals surface area contributed by atoms with Gasteiger partial charge >= 0.3 is 0 Å². The van der Waals surface area contributed by atoms with Crippen LogP contribution in [0.3, 0.4) is 0 Å². The number of amides is 1. The number of hydrogen-bond donors (Lipinski definition) is 1. The largest absolute Gasteiger partial charge is 0.481 e. The highest BCUT2D eigenvalue weighted by molar-refractivity contribution is 7.99. The van der Waals surface area contributed by atoms with Crippen molar-refractivity contribution in [3.63, 3.8) is 0 Å². The maximum absolute atomic E-state index is 12.6. The fraction of sp³-hybridized carbons (Fsp3) is 0.348. The fourth-order valence-electron chi connectivity index (χ4n) is 3.33. The van der Waals surface area contributed by atoms with E-state index in [1.165, 1.54) is 11.8 Å². The second-order valence-corrected chi connectivity index (χ2v) is 9.02. The molecule has 0 saturated heterocycles. The molecule has 3 rings (SSSR count). The van der Waals surface area contributed by atoms with Crippen LogP contribution in [-0.4, -0.2) is 26.4 Å². The predicted molar refractivity (Wildman–Crippen MR) is 131 cm³/mol. The van der Waals surface area contributed by atoms with E-state index in [2.05, 4.69) is 29.4 Å². The minimum Gasteiger partial charge on any atom is -0.481 e. The van der Waals surface area contributed by atoms with E-state index in [4.69, 9.17) is 27.9 Å². The Morgan fingerprint density at radius 1 is 1.16 bits per heavy atom. The van der Waals surface area contributed by atoms with E-state index in [-0.39, 0.29) is 11.7 Å². The number of carbonyl (C=O) groups excluding carboxylic acids is 1. The predicted octanol–water partition coefficient (Wildman–Crippen LogP) is 6.12. The lowest BCUT2D eigenvalue weighted by Gasteiger charge is -2.15. The Labute approximate surface area is 202 Å². The molecule has 0 bridgehead atoms. The summed E-state index contributed by atoms with van der Waals surface area (Å²) in [7, 11) is 1.85. The number of thioether (sulfide) groups is 1. The van der Waals surface area contributed by atoms with E-state index < -0.39 is 6.10 Å². The van der Waals surface area contributed by atoms with Crippen molar-refractivity contribution in [2.75, 3.05) is 11.1 Å². The fourth-order valence-corrected chi connectivity index (χ4v) is 4.50. The summed E-state index contributed by atoms with van der Waals surface area (Å²) in [5.41, 5.74) is 3.19. The molecule has 0 aliphatic rings. The summed E-state index contributed by atoms with van der Waals surface area (Å²) in [5.74, 6) is 1.29. The third-order valence-corrected chi connectivity index (χ3v) is 6.58. The zero-order chi connectivity index (χ0) is 23.3. The minimum atomic E-state index is -0.391. The number of para-hydroxylation sites is 1. The molecule has 0 saturated carbocycles. The van der Waals surface area contributed by atoms with Gasteiger partial charge in [0.15, 0.2) is 17.1 Å². The van der Waals surface area contributed by atoms with Crippen LogP contribution in [0.5, 0.6) is 5.75 Å². The van der Waals surface area contributed by atoms with Crippen molar-refractivity contribution >= 4 is 46.6 Å². The molecule has 1 aromatic heterocycles. The number of rotatable bonds is 9. The molecule has 2 aromatic carbocycles. The lowest BCUT2D eigenvalue weighted by atomic mass is 10.0. The second-order valence-electron chi connectivity index (χ2n) is 7.23. The number of halogens is 2. The van der Waals surface area contributed by atoms with Crippen LogP contribution in [0.2, 0.25) is 10.0 Å². The molecular formula is C23H26Cl2N4O2S. The van der Waals surface area contributed by atoms with Crippen molar-refractivity contribution in [1.29, 1.82) is 0 Å². The average molecular weight is 493 g/mol. The standard InChI is InChI=1S/C23H26Cl2N4O2S/c1-5-15-8-7-9-16(6-2)21(15)26-20(30)13-32-23-28-27-22(29(23)4)14(3)31-19-11-10-17(24)12-18(19)25/h7-12,14H,5-6,13H2,1-4H3,(H,26,30). The maximum atomic E-state index is 12.6. The molecule has 1 amide bonds. The maximum Gasteiger partial charge on any atom is 0.234 e. The zero-order valence-electron chi connectivity index (χ0n) is 18.5. The van der Waals surface area contributed by atoms with Crippen LogP contribution in [-0.2, 0) is 24.7 Å². The molecule has 0 fully saturated rings. The molecule has 0 aliphatic heterocycles. The van der Waals surface area contributed by atoms with Gasteiger partial charge in [-0.2, -0.15) is 0 Å². The van der Waals surface area contributed by atoms with Crippen molar-refractivity contribution in [3.05, 3.63) is 63.4 Å².